The average Bonchev–Trinajstić information content (AvgIpc) is 2.74. The van der Waals surface area contributed by atoms with E-state index in [0.29, 0.717) is 13.1 Å². The Balaban J connectivity index is 1.99. The highest BCUT2D eigenvalue weighted by Gasteiger charge is 2.09. The smallest absolute Gasteiger partial charge is 0.151 e. The maximum atomic E-state index is 13.4. The molecule has 0 bridgehead atoms. The van der Waals surface area contributed by atoms with Gasteiger partial charge in [0.25, 0.3) is 0 Å². The molecule has 1 aromatic carbocycles. The van der Waals surface area contributed by atoms with Crippen molar-refractivity contribution in [3.05, 3.63) is 36.2 Å². The quantitative estimate of drug-likeness (QED) is 0.788. The van der Waals surface area contributed by atoms with Gasteiger partial charge in [-0.15, -0.1) is 5.10 Å². The van der Waals surface area contributed by atoms with Crippen LogP contribution in [0, 0.1) is 11.6 Å². The summed E-state index contributed by atoms with van der Waals surface area (Å²) in [5.41, 5.74) is 5.18. The minimum absolute atomic E-state index is 0.0572. The summed E-state index contributed by atoms with van der Waals surface area (Å²) < 4.78 is 28.3. The molecule has 0 spiro atoms. The number of benzene rings is 1. The molecule has 0 saturated carbocycles. The third-order valence-electron chi connectivity index (χ3n) is 2.18. The highest BCUT2D eigenvalue weighted by molar-refractivity contribution is 5.53. The van der Waals surface area contributed by atoms with E-state index >= 15 is 0 Å². The van der Waals surface area contributed by atoms with Gasteiger partial charge in [-0.2, -0.15) is 0 Å². The van der Waals surface area contributed by atoms with Crippen molar-refractivity contribution in [2.24, 2.45) is 0 Å². The average molecular weight is 239 g/mol. The number of nitrogens with one attached hydrogen (secondary N) is 1. The first-order valence-corrected chi connectivity index (χ1v) is 4.99. The largest absolute Gasteiger partial charge is 0.399 e. The lowest BCUT2D eigenvalue weighted by molar-refractivity contribution is 0.578. The molecule has 0 fully saturated rings. The Morgan fingerprint density at radius 1 is 1.29 bits per heavy atom. The first kappa shape index (κ1) is 11.3. The molecule has 5 nitrogen and oxygen atoms in total. The maximum Gasteiger partial charge on any atom is 0.151 e. The number of aromatic nitrogens is 3. The molecule has 0 atom stereocenters. The summed E-state index contributed by atoms with van der Waals surface area (Å²) in [5.74, 6) is -1.41. The van der Waals surface area contributed by atoms with E-state index in [1.54, 1.807) is 10.9 Å². The topological polar surface area (TPSA) is 68.8 Å². The van der Waals surface area contributed by atoms with Crippen LogP contribution < -0.4 is 11.1 Å². The zero-order chi connectivity index (χ0) is 12.3. The van der Waals surface area contributed by atoms with Gasteiger partial charge in [0.2, 0.25) is 0 Å². The van der Waals surface area contributed by atoms with Crippen LogP contribution in [0.5, 0.6) is 0 Å². The fraction of sp³-hybridized carbons (Fsp3) is 0.200. The Kier molecular flexibility index (Phi) is 3.17. The lowest BCUT2D eigenvalue weighted by Crippen LogP contribution is -2.13. The zero-order valence-electron chi connectivity index (χ0n) is 8.90. The summed E-state index contributed by atoms with van der Waals surface area (Å²) in [6.07, 6.45) is 3.20. The van der Waals surface area contributed by atoms with Crippen LogP contribution in [0.15, 0.2) is 24.5 Å². The molecule has 0 aliphatic rings. The zero-order valence-corrected chi connectivity index (χ0v) is 8.90. The Labute approximate surface area is 96.2 Å². The number of rotatable bonds is 4. The Morgan fingerprint density at radius 2 is 2.00 bits per heavy atom. The van der Waals surface area contributed by atoms with Gasteiger partial charge in [0.15, 0.2) is 11.6 Å². The van der Waals surface area contributed by atoms with E-state index in [1.807, 2.05) is 0 Å². The molecule has 1 heterocycles. The number of nitrogen functional groups attached to an aromatic ring is 1. The summed E-state index contributed by atoms with van der Waals surface area (Å²) in [4.78, 5) is 0. The number of hydrogen-bond donors (Lipinski definition) is 2. The van der Waals surface area contributed by atoms with Crippen LogP contribution in [0.4, 0.5) is 20.2 Å². The highest BCUT2D eigenvalue weighted by atomic mass is 19.1. The van der Waals surface area contributed by atoms with Crippen LogP contribution in [0.25, 0.3) is 0 Å². The molecule has 2 aromatic rings. The molecule has 7 heteroatoms. The molecule has 90 valence electrons. The predicted octanol–water partition coefficient (Wildman–Crippen LogP) is 1.25. The van der Waals surface area contributed by atoms with Crippen molar-refractivity contribution >= 4 is 11.4 Å². The van der Waals surface area contributed by atoms with Crippen molar-refractivity contribution in [3.63, 3.8) is 0 Å². The van der Waals surface area contributed by atoms with Gasteiger partial charge in [-0.05, 0) is 12.1 Å². The Hall–Kier alpha value is -2.18. The molecule has 0 aliphatic carbocycles. The van der Waals surface area contributed by atoms with Crippen molar-refractivity contribution < 1.29 is 8.78 Å². The van der Waals surface area contributed by atoms with Crippen molar-refractivity contribution in [1.82, 2.24) is 15.0 Å². The highest BCUT2D eigenvalue weighted by Crippen LogP contribution is 2.21. The third-order valence-corrected chi connectivity index (χ3v) is 2.18. The lowest BCUT2D eigenvalue weighted by atomic mass is 10.2. The minimum Gasteiger partial charge on any atom is -0.399 e. The molecule has 3 N–H and O–H groups in total. The second-order valence-electron chi connectivity index (χ2n) is 3.45. The molecule has 2 rings (SSSR count). The molecule has 1 aromatic heterocycles. The van der Waals surface area contributed by atoms with Gasteiger partial charge in [-0.25, -0.2) is 8.78 Å². The van der Waals surface area contributed by atoms with Gasteiger partial charge < -0.3 is 11.1 Å². The van der Waals surface area contributed by atoms with Crippen molar-refractivity contribution in [2.75, 3.05) is 17.6 Å². The molecular formula is C10H11F2N5. The van der Waals surface area contributed by atoms with Crippen LogP contribution in [-0.4, -0.2) is 21.5 Å². The van der Waals surface area contributed by atoms with Gasteiger partial charge >= 0.3 is 0 Å². The first-order chi connectivity index (χ1) is 8.16. The maximum absolute atomic E-state index is 13.4. The van der Waals surface area contributed by atoms with Gasteiger partial charge in [0, 0.05) is 18.4 Å². The number of halogens is 2. The molecule has 17 heavy (non-hydrogen) atoms. The molecule has 0 saturated heterocycles. The molecule has 0 radical (unpaired) electrons. The van der Waals surface area contributed by atoms with Crippen molar-refractivity contribution in [1.29, 1.82) is 0 Å². The third kappa shape index (κ3) is 2.68. The second-order valence-corrected chi connectivity index (χ2v) is 3.45. The molecule has 0 unspecified atom stereocenters. The van der Waals surface area contributed by atoms with Crippen LogP contribution in [-0.2, 0) is 6.54 Å². The van der Waals surface area contributed by atoms with Crippen LogP contribution >= 0.6 is 0 Å². The molecular weight excluding hydrogens is 228 g/mol. The van der Waals surface area contributed by atoms with Gasteiger partial charge in [0.05, 0.1) is 12.7 Å². The van der Waals surface area contributed by atoms with Crippen molar-refractivity contribution in [2.45, 2.75) is 6.54 Å². The van der Waals surface area contributed by atoms with Crippen LogP contribution in [0.2, 0.25) is 0 Å². The van der Waals surface area contributed by atoms with E-state index < -0.39 is 11.6 Å². The Bertz CT molecular complexity index is 474. The first-order valence-electron chi connectivity index (χ1n) is 4.99. The van der Waals surface area contributed by atoms with Gasteiger partial charge in [0.1, 0.15) is 5.69 Å². The fourth-order valence-electron chi connectivity index (χ4n) is 1.41. The predicted molar refractivity (Wildman–Crippen MR) is 59.3 cm³/mol. The van der Waals surface area contributed by atoms with Crippen LogP contribution in [0.1, 0.15) is 0 Å². The van der Waals surface area contributed by atoms with Gasteiger partial charge in [-0.3, -0.25) is 4.68 Å². The summed E-state index contributed by atoms with van der Waals surface area (Å²) in [7, 11) is 0. The number of nitrogens with zero attached hydrogens (tertiary/aromatic N) is 3. The SMILES string of the molecule is Nc1cc(F)c(NCCn2ccnn2)c(F)c1. The van der Waals surface area contributed by atoms with E-state index in [0.717, 1.165) is 12.1 Å². The van der Waals surface area contributed by atoms with Crippen LogP contribution in [0.3, 0.4) is 0 Å². The number of anilines is 2. The number of nitrogens with two attached hydrogens (primary N) is 1. The van der Waals surface area contributed by atoms with E-state index in [4.69, 9.17) is 5.73 Å². The minimum atomic E-state index is -0.707. The van der Waals surface area contributed by atoms with E-state index in [9.17, 15) is 8.78 Å². The Morgan fingerprint density at radius 3 is 2.59 bits per heavy atom. The summed E-state index contributed by atoms with van der Waals surface area (Å²) in [6.45, 7) is 0.796. The summed E-state index contributed by atoms with van der Waals surface area (Å²) >= 11 is 0. The molecule has 0 aliphatic heterocycles. The summed E-state index contributed by atoms with van der Waals surface area (Å²) in [5, 5.41) is 9.99. The van der Waals surface area contributed by atoms with E-state index in [-0.39, 0.29) is 11.4 Å². The standard InChI is InChI=1S/C10H11F2N5/c11-8-5-7(13)6-9(12)10(8)14-1-3-17-4-2-15-16-17/h2,4-6,14H,1,3,13H2. The normalized spacial score (nSPS) is 10.5. The number of hydrogen-bond acceptors (Lipinski definition) is 4. The second kappa shape index (κ2) is 4.77. The van der Waals surface area contributed by atoms with Crippen molar-refractivity contribution in [3.8, 4) is 0 Å². The monoisotopic (exact) mass is 239 g/mol. The molecule has 0 amide bonds. The van der Waals surface area contributed by atoms with E-state index in [2.05, 4.69) is 15.6 Å². The lowest BCUT2D eigenvalue weighted by Gasteiger charge is -2.09. The van der Waals surface area contributed by atoms with Gasteiger partial charge in [-0.1, -0.05) is 5.21 Å². The summed E-state index contributed by atoms with van der Waals surface area (Å²) in [6, 6.07) is 2.14. The van der Waals surface area contributed by atoms with E-state index in [1.165, 1.54) is 6.20 Å². The fourth-order valence-corrected chi connectivity index (χ4v) is 1.41.